The highest BCUT2D eigenvalue weighted by molar-refractivity contribution is 5.81. The number of carbonyl (C=O) groups excluding carboxylic acids is 1. The molecule has 1 N–H and O–H groups in total. The van der Waals surface area contributed by atoms with Gasteiger partial charge in [0.15, 0.2) is 6.61 Å². The van der Waals surface area contributed by atoms with Crippen molar-refractivity contribution < 1.29 is 22.7 Å². The van der Waals surface area contributed by atoms with Crippen molar-refractivity contribution in [2.24, 2.45) is 0 Å². The number of hydrogen-bond acceptors (Lipinski definition) is 3. The van der Waals surface area contributed by atoms with Crippen molar-refractivity contribution in [1.82, 2.24) is 5.32 Å². The topological polar surface area (TPSA) is 41.6 Å². The Balaban J connectivity index is 1.78. The minimum atomic E-state index is -4.36. The molecule has 0 aliphatic rings. The van der Waals surface area contributed by atoms with Gasteiger partial charge in [-0.3, -0.25) is 4.79 Å². The Morgan fingerprint density at radius 3 is 2.32 bits per heavy atom. The van der Waals surface area contributed by atoms with Crippen LogP contribution < -0.4 is 15.0 Å². The van der Waals surface area contributed by atoms with Crippen molar-refractivity contribution >= 4 is 11.6 Å². The summed E-state index contributed by atoms with van der Waals surface area (Å²) in [7, 11) is 1.82. The van der Waals surface area contributed by atoms with Crippen molar-refractivity contribution in [3.63, 3.8) is 0 Å². The van der Waals surface area contributed by atoms with Crippen LogP contribution in [0.2, 0.25) is 0 Å². The normalized spacial score (nSPS) is 11.0. The average molecular weight is 352 g/mol. The first-order valence-electron chi connectivity index (χ1n) is 7.65. The maximum Gasteiger partial charge on any atom is 0.422 e. The Morgan fingerprint density at radius 2 is 1.72 bits per heavy atom. The highest BCUT2D eigenvalue weighted by Gasteiger charge is 2.28. The molecule has 0 radical (unpaired) electrons. The van der Waals surface area contributed by atoms with Gasteiger partial charge in [-0.05, 0) is 29.8 Å². The molecule has 2 aromatic carbocycles. The third-order valence-corrected chi connectivity index (χ3v) is 3.39. The first kappa shape index (κ1) is 18.6. The van der Waals surface area contributed by atoms with Crippen molar-refractivity contribution in [2.75, 3.05) is 25.1 Å². The molecule has 0 saturated carbocycles. The second-order valence-electron chi connectivity index (χ2n) is 5.52. The lowest BCUT2D eigenvalue weighted by Gasteiger charge is -2.18. The number of rotatable bonds is 7. The van der Waals surface area contributed by atoms with E-state index in [2.05, 4.69) is 10.1 Å². The molecule has 1 amide bonds. The van der Waals surface area contributed by atoms with Gasteiger partial charge >= 0.3 is 6.18 Å². The van der Waals surface area contributed by atoms with Gasteiger partial charge in [0, 0.05) is 19.3 Å². The summed E-state index contributed by atoms with van der Waals surface area (Å²) >= 11 is 0. The molecule has 2 rings (SSSR count). The van der Waals surface area contributed by atoms with Crippen molar-refractivity contribution in [2.45, 2.75) is 12.7 Å². The first-order chi connectivity index (χ1) is 11.8. The molecule has 0 atom stereocenters. The monoisotopic (exact) mass is 352 g/mol. The van der Waals surface area contributed by atoms with Gasteiger partial charge in [0.2, 0.25) is 5.91 Å². The van der Waals surface area contributed by atoms with E-state index in [1.165, 1.54) is 12.1 Å². The zero-order valence-electron chi connectivity index (χ0n) is 13.7. The Hall–Kier alpha value is -2.70. The number of likely N-dealkylation sites (N-methyl/N-ethyl adjacent to an activating group) is 1. The fraction of sp³-hybridized carbons (Fsp3) is 0.278. The van der Waals surface area contributed by atoms with Gasteiger partial charge in [-0.15, -0.1) is 0 Å². The molecule has 25 heavy (non-hydrogen) atoms. The molecule has 0 fully saturated rings. The molecule has 0 saturated heterocycles. The number of ether oxygens (including phenoxy) is 1. The molecule has 0 bridgehead atoms. The summed E-state index contributed by atoms with van der Waals surface area (Å²) < 4.78 is 40.9. The van der Waals surface area contributed by atoms with Crippen LogP contribution in [-0.2, 0) is 11.3 Å². The number of hydrogen-bond donors (Lipinski definition) is 1. The van der Waals surface area contributed by atoms with Crippen LogP contribution >= 0.6 is 0 Å². The summed E-state index contributed by atoms with van der Waals surface area (Å²) in [6.07, 6.45) is -4.36. The number of nitrogens with one attached hydrogen (secondary N) is 1. The SMILES string of the molecule is CN(CC(=O)NCc1ccc(OCC(F)(F)F)cc1)c1ccccc1. The van der Waals surface area contributed by atoms with Crippen LogP contribution in [0.4, 0.5) is 18.9 Å². The lowest BCUT2D eigenvalue weighted by molar-refractivity contribution is -0.153. The third-order valence-electron chi connectivity index (χ3n) is 3.39. The minimum absolute atomic E-state index is 0.135. The van der Waals surface area contributed by atoms with E-state index in [1.807, 2.05) is 42.3 Å². The maximum atomic E-state index is 12.1. The number of benzene rings is 2. The van der Waals surface area contributed by atoms with Crippen molar-refractivity contribution in [3.8, 4) is 5.75 Å². The summed E-state index contributed by atoms with van der Waals surface area (Å²) in [5.41, 5.74) is 1.71. The highest BCUT2D eigenvalue weighted by Crippen LogP contribution is 2.18. The number of alkyl halides is 3. The standard InChI is InChI=1S/C18H19F3N2O2/c1-23(15-5-3-2-4-6-15)12-17(24)22-11-14-7-9-16(10-8-14)25-13-18(19,20)21/h2-10H,11-13H2,1H3,(H,22,24). The van der Waals surface area contributed by atoms with E-state index in [-0.39, 0.29) is 18.2 Å². The highest BCUT2D eigenvalue weighted by atomic mass is 19.4. The number of carbonyl (C=O) groups is 1. The molecule has 134 valence electrons. The van der Waals surface area contributed by atoms with Crippen LogP contribution in [-0.4, -0.2) is 32.3 Å². The lowest BCUT2D eigenvalue weighted by Crippen LogP contribution is -2.34. The molecule has 0 heterocycles. The summed E-state index contributed by atoms with van der Waals surface area (Å²) in [5, 5.41) is 2.77. The predicted octanol–water partition coefficient (Wildman–Crippen LogP) is 3.38. The van der Waals surface area contributed by atoms with E-state index >= 15 is 0 Å². The van der Waals surface area contributed by atoms with Crippen LogP contribution in [0, 0.1) is 0 Å². The number of nitrogens with zero attached hydrogens (tertiary/aromatic N) is 1. The number of halogens is 3. The van der Waals surface area contributed by atoms with Gasteiger partial charge in [-0.2, -0.15) is 13.2 Å². The Bertz CT molecular complexity index is 673. The van der Waals surface area contributed by atoms with Gasteiger partial charge in [0.25, 0.3) is 0 Å². The quantitative estimate of drug-likeness (QED) is 0.831. The zero-order valence-corrected chi connectivity index (χ0v) is 13.7. The third kappa shape index (κ3) is 6.74. The smallest absolute Gasteiger partial charge is 0.422 e. The summed E-state index contributed by atoms with van der Waals surface area (Å²) in [4.78, 5) is 13.8. The fourth-order valence-electron chi connectivity index (χ4n) is 2.11. The molecular weight excluding hydrogens is 333 g/mol. The van der Waals surface area contributed by atoms with Crippen molar-refractivity contribution in [1.29, 1.82) is 0 Å². The second-order valence-corrected chi connectivity index (χ2v) is 5.52. The molecule has 0 unspecified atom stereocenters. The molecule has 2 aromatic rings. The van der Waals surface area contributed by atoms with Crippen LogP contribution in [0.15, 0.2) is 54.6 Å². The summed E-state index contributed by atoms with van der Waals surface area (Å²) in [6, 6.07) is 15.6. The zero-order chi connectivity index (χ0) is 18.3. The largest absolute Gasteiger partial charge is 0.484 e. The lowest BCUT2D eigenvalue weighted by atomic mass is 10.2. The number of para-hydroxylation sites is 1. The van der Waals surface area contributed by atoms with Crippen LogP contribution in [0.3, 0.4) is 0 Å². The van der Waals surface area contributed by atoms with Gasteiger partial charge in [0.05, 0.1) is 6.54 Å². The van der Waals surface area contributed by atoms with Crippen LogP contribution in [0.25, 0.3) is 0 Å². The summed E-state index contributed by atoms with van der Waals surface area (Å²) in [5.74, 6) is -0.0139. The van der Waals surface area contributed by atoms with E-state index in [0.29, 0.717) is 6.54 Å². The minimum Gasteiger partial charge on any atom is -0.484 e. The molecule has 7 heteroatoms. The van der Waals surface area contributed by atoms with Gasteiger partial charge < -0.3 is 15.0 Å². The average Bonchev–Trinajstić information content (AvgIpc) is 2.59. The Labute approximate surface area is 144 Å². The van der Waals surface area contributed by atoms with E-state index < -0.39 is 12.8 Å². The summed E-state index contributed by atoms with van der Waals surface area (Å²) in [6.45, 7) is -0.827. The maximum absolute atomic E-state index is 12.1. The van der Waals surface area contributed by atoms with E-state index in [0.717, 1.165) is 11.3 Å². The number of anilines is 1. The number of amides is 1. The molecule has 0 aromatic heterocycles. The molecule has 0 aliphatic heterocycles. The fourth-order valence-corrected chi connectivity index (χ4v) is 2.11. The molecular formula is C18H19F3N2O2. The van der Waals surface area contributed by atoms with E-state index in [4.69, 9.17) is 0 Å². The van der Waals surface area contributed by atoms with Gasteiger partial charge in [-0.25, -0.2) is 0 Å². The molecule has 0 spiro atoms. The van der Waals surface area contributed by atoms with Gasteiger partial charge in [-0.1, -0.05) is 30.3 Å². The van der Waals surface area contributed by atoms with Crippen LogP contribution in [0.5, 0.6) is 5.75 Å². The van der Waals surface area contributed by atoms with Gasteiger partial charge in [0.1, 0.15) is 5.75 Å². The van der Waals surface area contributed by atoms with Crippen LogP contribution in [0.1, 0.15) is 5.56 Å². The second kappa shape index (κ2) is 8.41. The van der Waals surface area contributed by atoms with Crippen molar-refractivity contribution in [3.05, 3.63) is 60.2 Å². The first-order valence-corrected chi connectivity index (χ1v) is 7.65. The van der Waals surface area contributed by atoms with E-state index in [1.54, 1.807) is 12.1 Å². The Morgan fingerprint density at radius 1 is 1.08 bits per heavy atom. The predicted molar refractivity (Wildman–Crippen MR) is 89.6 cm³/mol. The molecule has 0 aliphatic carbocycles. The van der Waals surface area contributed by atoms with E-state index in [9.17, 15) is 18.0 Å². The molecule has 4 nitrogen and oxygen atoms in total. The Kier molecular flexibility index (Phi) is 6.27.